The molecule has 268 valence electrons. The van der Waals surface area contributed by atoms with Gasteiger partial charge in [0.15, 0.2) is 47.0 Å². The number of hydrogen-bond donors (Lipinski definition) is 3. The highest BCUT2D eigenvalue weighted by molar-refractivity contribution is 7.84. The number of nitrogens with zero attached hydrogens (tertiary/aromatic N) is 8. The summed E-state index contributed by atoms with van der Waals surface area (Å²) in [6, 6.07) is 8.43. The number of rotatable bonds is 4. The molecule has 0 aliphatic carbocycles. The number of amides is 1. The second-order valence-corrected chi connectivity index (χ2v) is 14.3. The molecule has 1 unspecified atom stereocenters. The minimum atomic E-state index is -5.19. The van der Waals surface area contributed by atoms with Gasteiger partial charge in [0.25, 0.3) is 13.7 Å². The molecule has 4 N–H and O–H groups in total. The van der Waals surface area contributed by atoms with Crippen LogP contribution in [0.3, 0.4) is 0 Å². The molecular weight excluding hydrogens is 720 g/mol. The van der Waals surface area contributed by atoms with E-state index in [0.717, 1.165) is 6.33 Å². The zero-order chi connectivity index (χ0) is 35.5. The smallest absolute Gasteiger partial charge is 0.336 e. The third kappa shape index (κ3) is 6.43. The Bertz CT molecular complexity index is 2280. The van der Waals surface area contributed by atoms with E-state index in [2.05, 4.69) is 39.9 Å². The number of halogens is 1. The van der Waals surface area contributed by atoms with Crippen molar-refractivity contribution >= 4 is 58.0 Å². The third-order valence-corrected chi connectivity index (χ3v) is 10.4. The summed E-state index contributed by atoms with van der Waals surface area (Å²) in [6.07, 6.45) is -6.02. The van der Waals surface area contributed by atoms with E-state index in [1.807, 2.05) is 0 Å². The predicted molar refractivity (Wildman–Crippen MR) is 167 cm³/mol. The lowest BCUT2D eigenvalue weighted by Gasteiger charge is -2.29. The first-order chi connectivity index (χ1) is 24.5. The van der Waals surface area contributed by atoms with Crippen LogP contribution in [-0.2, 0) is 37.6 Å². The van der Waals surface area contributed by atoms with Crippen LogP contribution in [0.5, 0.6) is 0 Å². The van der Waals surface area contributed by atoms with Gasteiger partial charge in [-0.05, 0) is 12.1 Å². The van der Waals surface area contributed by atoms with Crippen molar-refractivity contribution in [2.75, 3.05) is 24.2 Å². The van der Waals surface area contributed by atoms with Crippen LogP contribution in [0.25, 0.3) is 22.3 Å². The van der Waals surface area contributed by atoms with E-state index < -0.39 is 80.2 Å². The number of aromatic nitrogens is 8. The number of phosphoric ester groups is 1. The number of anilines is 2. The predicted octanol–water partition coefficient (Wildman–Crippen LogP) is 0.127. The van der Waals surface area contributed by atoms with Crippen LogP contribution >= 0.6 is 7.82 Å². The van der Waals surface area contributed by atoms with Crippen molar-refractivity contribution in [2.24, 2.45) is 0 Å². The number of fused-ring (bicyclic) bond motifs is 5. The summed E-state index contributed by atoms with van der Waals surface area (Å²) in [5.74, 6) is -0.332. The summed E-state index contributed by atoms with van der Waals surface area (Å²) in [4.78, 5) is 50.6. The van der Waals surface area contributed by atoms with Gasteiger partial charge in [-0.2, -0.15) is 13.1 Å². The van der Waals surface area contributed by atoms with Crippen LogP contribution in [0.2, 0.25) is 0 Å². The van der Waals surface area contributed by atoms with Gasteiger partial charge in [0.2, 0.25) is 0 Å². The van der Waals surface area contributed by atoms with Gasteiger partial charge in [0.05, 0.1) is 25.4 Å². The number of hydrogen-bond acceptors (Lipinski definition) is 17. The van der Waals surface area contributed by atoms with Crippen LogP contribution in [-0.4, -0.2) is 97.1 Å². The van der Waals surface area contributed by atoms with E-state index in [1.165, 1.54) is 28.1 Å². The van der Waals surface area contributed by atoms with Gasteiger partial charge in [0.1, 0.15) is 36.6 Å². The molecule has 3 fully saturated rings. The number of carbonyl (C=O) groups is 1. The maximum absolute atomic E-state index is 15.8. The minimum Gasteiger partial charge on any atom is -0.756 e. The van der Waals surface area contributed by atoms with Gasteiger partial charge in [-0.1, -0.05) is 18.2 Å². The summed E-state index contributed by atoms with van der Waals surface area (Å²) in [7, 11) is -9.95. The number of alkyl halides is 1. The Morgan fingerprint density at radius 3 is 2.51 bits per heavy atom. The van der Waals surface area contributed by atoms with Gasteiger partial charge >= 0.3 is 10.3 Å². The minimum absolute atomic E-state index is 0.00240. The van der Waals surface area contributed by atoms with Crippen molar-refractivity contribution in [3.05, 3.63) is 61.2 Å². The molecule has 8 rings (SSSR count). The van der Waals surface area contributed by atoms with Crippen molar-refractivity contribution in [3.63, 3.8) is 0 Å². The van der Waals surface area contributed by atoms with Crippen molar-refractivity contribution in [3.8, 4) is 0 Å². The first-order valence-corrected chi connectivity index (χ1v) is 18.1. The van der Waals surface area contributed by atoms with Crippen LogP contribution in [0.4, 0.5) is 16.0 Å². The molecule has 3 aliphatic rings. The number of benzene rings is 1. The van der Waals surface area contributed by atoms with Gasteiger partial charge in [-0.3, -0.25) is 18.5 Å². The lowest BCUT2D eigenvalue weighted by atomic mass is 10.1. The number of imidazole rings is 2. The highest BCUT2D eigenvalue weighted by Crippen LogP contribution is 2.47. The summed E-state index contributed by atoms with van der Waals surface area (Å²) in [5, 5.41) is 2.69. The van der Waals surface area contributed by atoms with Crippen LogP contribution in [0, 0.1) is 0 Å². The van der Waals surface area contributed by atoms with Crippen molar-refractivity contribution in [1.82, 2.24) is 43.8 Å². The number of nitrogens with two attached hydrogens (primary N) is 1. The molecule has 0 saturated carbocycles. The normalized spacial score (nSPS) is 31.1. The van der Waals surface area contributed by atoms with E-state index in [-0.39, 0.29) is 40.4 Å². The molecule has 1 amide bonds. The quantitative estimate of drug-likeness (QED) is 0.206. The zero-order valence-electron chi connectivity index (χ0n) is 25.8. The molecule has 3 aliphatic heterocycles. The molecule has 0 spiro atoms. The molecule has 5 aromatic rings. The fourth-order valence-corrected chi connectivity index (χ4v) is 7.90. The monoisotopic (exact) mass is 746 g/mol. The molecule has 7 heterocycles. The van der Waals surface area contributed by atoms with Crippen molar-refractivity contribution in [2.45, 2.75) is 49.5 Å². The van der Waals surface area contributed by atoms with E-state index in [1.54, 1.807) is 30.3 Å². The van der Waals surface area contributed by atoms with Crippen molar-refractivity contribution < 1.29 is 49.8 Å². The second-order valence-electron chi connectivity index (χ2n) is 11.6. The Balaban J connectivity index is 1.05. The number of phosphoric acid groups is 1. The van der Waals surface area contributed by atoms with E-state index in [4.69, 9.17) is 28.4 Å². The molecule has 1 aromatic carbocycles. The maximum atomic E-state index is 15.8. The Morgan fingerprint density at radius 2 is 1.71 bits per heavy atom. The van der Waals surface area contributed by atoms with Gasteiger partial charge in [-0.25, -0.2) is 38.5 Å². The molecule has 51 heavy (non-hydrogen) atoms. The number of nitrogen functional groups attached to an aromatic ring is 1. The van der Waals surface area contributed by atoms with Crippen LogP contribution in [0.15, 0.2) is 55.6 Å². The van der Waals surface area contributed by atoms with Crippen LogP contribution in [0.1, 0.15) is 29.2 Å². The summed E-state index contributed by atoms with van der Waals surface area (Å²) in [6.45, 7) is -1.46. The van der Waals surface area contributed by atoms with E-state index in [9.17, 15) is 22.7 Å². The Kier molecular flexibility index (Phi) is 8.47. The molecule has 0 radical (unpaired) electrons. The second kappa shape index (κ2) is 12.9. The van der Waals surface area contributed by atoms with E-state index in [0.29, 0.717) is 5.56 Å². The first kappa shape index (κ1) is 33.6. The molecular formula is C27H26FN11O10PS-. The summed E-state index contributed by atoms with van der Waals surface area (Å²) in [5.41, 5.74) is 6.86. The highest BCUT2D eigenvalue weighted by Gasteiger charge is 2.51. The first-order valence-electron chi connectivity index (χ1n) is 15.2. The lowest BCUT2D eigenvalue weighted by Crippen LogP contribution is -2.42. The standard InChI is InChI=1S/C27H27FN11O10PS/c28-18-16-8-45-50(41,42)48-14-6-17(38-11-35-20-23(31-10-33-25(20)38)37-26(40)13-4-2-1-3-5-13)46-15(14)7-36-51(43,44)49-21(18)27(47-16)39-12-34-19-22(29)30-9-32-24(19)39/h1-5,9-12,14-18,21,27,36H,6-8H2,(H,41,42)(H2,29,30,32)(H,31,33,37,40)/p-1/t14-,15+,16+,17+,18+,21+,27+/m0/s1. The van der Waals surface area contributed by atoms with Gasteiger partial charge in [-0.15, -0.1) is 0 Å². The van der Waals surface area contributed by atoms with Gasteiger partial charge in [0, 0.05) is 18.5 Å². The number of carbonyl (C=O) groups excluding carboxylic acids is 1. The SMILES string of the molecule is Nc1ncnc2c1ncn2[C@@H]1O[C@@H]2COP(=O)([O-])O[C@H]3C[C@H](n4cnc5c(NC(=O)c6ccccc6)ncnc54)O[C@@H]3CNS(=O)(=O)O[C@@H]1[C@@H]2F. The Hall–Kier alpha value is -4.58. The lowest BCUT2D eigenvalue weighted by molar-refractivity contribution is -0.233. The maximum Gasteiger partial charge on any atom is 0.336 e. The molecule has 8 atom stereocenters. The summed E-state index contributed by atoms with van der Waals surface area (Å²) >= 11 is 0. The highest BCUT2D eigenvalue weighted by atomic mass is 32.2. The zero-order valence-corrected chi connectivity index (χ0v) is 27.5. The van der Waals surface area contributed by atoms with Crippen LogP contribution < -0.4 is 20.7 Å². The molecule has 2 bridgehead atoms. The fraction of sp³-hybridized carbons (Fsp3) is 0.370. The average Bonchev–Trinajstić information content (AvgIpc) is 3.89. The van der Waals surface area contributed by atoms with Crippen molar-refractivity contribution in [1.29, 1.82) is 0 Å². The molecule has 4 aromatic heterocycles. The molecule has 3 saturated heterocycles. The molecule has 21 nitrogen and oxygen atoms in total. The van der Waals surface area contributed by atoms with Gasteiger partial charge < -0.3 is 34.5 Å². The Morgan fingerprint density at radius 1 is 0.980 bits per heavy atom. The number of ether oxygens (including phenoxy) is 2. The van der Waals surface area contributed by atoms with E-state index >= 15 is 4.39 Å². The summed E-state index contributed by atoms with van der Waals surface area (Å²) < 4.78 is 87.6. The molecule has 24 heteroatoms. The topological polar surface area (TPSA) is 275 Å². The largest absolute Gasteiger partial charge is 0.756 e. The fourth-order valence-electron chi connectivity index (χ4n) is 6.03. The Labute approximate surface area is 286 Å². The number of nitrogens with one attached hydrogen (secondary N) is 2. The average molecular weight is 747 g/mol. The third-order valence-electron chi connectivity index (χ3n) is 8.40.